The Morgan fingerprint density at radius 2 is 2.03 bits per heavy atom. The number of amides is 1. The molecule has 0 radical (unpaired) electrons. The molecular formula is C22H17ClN6OS. The van der Waals surface area contributed by atoms with Crippen LogP contribution in [0.1, 0.15) is 21.6 Å². The van der Waals surface area contributed by atoms with Crippen LogP contribution >= 0.6 is 22.9 Å². The second kappa shape index (κ2) is 7.98. The van der Waals surface area contributed by atoms with Gasteiger partial charge in [-0.05, 0) is 42.1 Å². The van der Waals surface area contributed by atoms with Gasteiger partial charge in [0.1, 0.15) is 5.56 Å². The zero-order valence-electron chi connectivity index (χ0n) is 16.5. The van der Waals surface area contributed by atoms with Gasteiger partial charge in [0, 0.05) is 23.0 Å². The summed E-state index contributed by atoms with van der Waals surface area (Å²) in [7, 11) is 0. The van der Waals surface area contributed by atoms with Gasteiger partial charge in [0.2, 0.25) is 0 Å². The summed E-state index contributed by atoms with van der Waals surface area (Å²) in [6.07, 6.45) is 3.22. The summed E-state index contributed by atoms with van der Waals surface area (Å²) in [5, 5.41) is 14.5. The molecule has 7 nitrogen and oxygen atoms in total. The zero-order chi connectivity index (χ0) is 21.4. The molecule has 154 valence electrons. The fourth-order valence-corrected chi connectivity index (χ4v) is 4.20. The van der Waals surface area contributed by atoms with Gasteiger partial charge in [-0.25, -0.2) is 9.50 Å². The molecule has 4 heterocycles. The average molecular weight is 449 g/mol. The van der Waals surface area contributed by atoms with Gasteiger partial charge in [-0.1, -0.05) is 29.8 Å². The summed E-state index contributed by atoms with van der Waals surface area (Å²) < 4.78 is 3.52. The van der Waals surface area contributed by atoms with Crippen molar-refractivity contribution in [3.63, 3.8) is 0 Å². The van der Waals surface area contributed by atoms with Crippen molar-refractivity contribution in [3.05, 3.63) is 88.1 Å². The van der Waals surface area contributed by atoms with Crippen molar-refractivity contribution in [2.45, 2.75) is 13.5 Å². The fourth-order valence-electron chi connectivity index (χ4n) is 3.34. The lowest BCUT2D eigenvalue weighted by Gasteiger charge is -2.05. The first-order valence-corrected chi connectivity index (χ1v) is 10.8. The van der Waals surface area contributed by atoms with Gasteiger partial charge >= 0.3 is 0 Å². The summed E-state index contributed by atoms with van der Waals surface area (Å²) in [5.74, 6) is 0.173. The third kappa shape index (κ3) is 3.83. The molecule has 31 heavy (non-hydrogen) atoms. The van der Waals surface area contributed by atoms with Crippen LogP contribution in [0.15, 0.2) is 66.3 Å². The third-order valence-corrected chi connectivity index (χ3v) is 6.03. The van der Waals surface area contributed by atoms with Crippen molar-refractivity contribution in [3.8, 4) is 10.6 Å². The predicted molar refractivity (Wildman–Crippen MR) is 122 cm³/mol. The minimum Gasteiger partial charge on any atom is -0.305 e. The number of benzene rings is 1. The lowest BCUT2D eigenvalue weighted by Crippen LogP contribution is -2.13. The number of aryl methyl sites for hydroxylation is 1. The largest absolute Gasteiger partial charge is 0.305 e. The highest BCUT2D eigenvalue weighted by Crippen LogP contribution is 2.25. The fraction of sp³-hybridized carbons (Fsp3) is 0.0909. The molecule has 0 fully saturated rings. The molecule has 5 aromatic rings. The molecule has 5 rings (SSSR count). The third-order valence-electron chi connectivity index (χ3n) is 4.89. The van der Waals surface area contributed by atoms with Gasteiger partial charge in [-0.3, -0.25) is 9.48 Å². The molecule has 0 aliphatic heterocycles. The smallest absolute Gasteiger partial charge is 0.262 e. The second-order valence-electron chi connectivity index (χ2n) is 7.01. The summed E-state index contributed by atoms with van der Waals surface area (Å²) in [4.78, 5) is 18.4. The number of halogens is 1. The van der Waals surface area contributed by atoms with Crippen molar-refractivity contribution in [2.75, 3.05) is 5.32 Å². The Kier molecular flexibility index (Phi) is 5.01. The molecule has 9 heteroatoms. The minimum atomic E-state index is -0.304. The van der Waals surface area contributed by atoms with E-state index in [1.54, 1.807) is 22.0 Å². The second-order valence-corrected chi connectivity index (χ2v) is 8.39. The lowest BCUT2D eigenvalue weighted by atomic mass is 10.2. The number of anilines is 1. The van der Waals surface area contributed by atoms with Crippen LogP contribution < -0.4 is 5.32 Å². The quantitative estimate of drug-likeness (QED) is 0.414. The number of hydrogen-bond donors (Lipinski definition) is 1. The molecule has 1 N–H and O–H groups in total. The number of carbonyl (C=O) groups is 1. The van der Waals surface area contributed by atoms with Crippen molar-refractivity contribution in [1.82, 2.24) is 24.4 Å². The maximum atomic E-state index is 12.9. The highest BCUT2D eigenvalue weighted by atomic mass is 35.5. The van der Waals surface area contributed by atoms with E-state index in [4.69, 9.17) is 11.6 Å². The van der Waals surface area contributed by atoms with Gasteiger partial charge in [-0.2, -0.15) is 10.2 Å². The van der Waals surface area contributed by atoms with Crippen LogP contribution in [0.4, 0.5) is 5.82 Å². The highest BCUT2D eigenvalue weighted by molar-refractivity contribution is 7.13. The number of rotatable bonds is 5. The number of nitrogens with zero attached hydrogens (tertiary/aromatic N) is 5. The highest BCUT2D eigenvalue weighted by Gasteiger charge is 2.18. The summed E-state index contributed by atoms with van der Waals surface area (Å²) in [5.41, 5.74) is 3.79. The van der Waals surface area contributed by atoms with Gasteiger partial charge in [0.25, 0.3) is 5.91 Å². The van der Waals surface area contributed by atoms with E-state index in [2.05, 4.69) is 20.5 Å². The molecule has 4 aromatic heterocycles. The molecule has 0 unspecified atom stereocenters. The number of fused-ring (bicyclic) bond motifs is 1. The number of aromatic nitrogens is 5. The molecular weight excluding hydrogens is 432 g/mol. The van der Waals surface area contributed by atoms with E-state index in [1.807, 2.05) is 65.5 Å². The van der Waals surface area contributed by atoms with Gasteiger partial charge in [0.05, 0.1) is 23.3 Å². The van der Waals surface area contributed by atoms with Crippen LogP contribution in [0.25, 0.3) is 16.2 Å². The van der Waals surface area contributed by atoms with E-state index in [9.17, 15) is 4.79 Å². The normalized spacial score (nSPS) is 11.2. The van der Waals surface area contributed by atoms with Crippen LogP contribution in [-0.4, -0.2) is 30.3 Å². The van der Waals surface area contributed by atoms with Crippen LogP contribution in [0.5, 0.6) is 0 Å². The lowest BCUT2D eigenvalue weighted by molar-refractivity contribution is 0.102. The number of carbonyl (C=O) groups excluding carboxylic acids is 1. The standard InChI is InChI=1S/C22H17ClN6OS/c1-14-11-20(27-28(14)13-15-4-6-16(23)7-5-15)26-22(30)17-12-25-29-18(8-9-24-21(17)29)19-3-2-10-31-19/h2-12H,13H2,1H3,(H,26,27,30). The Labute approximate surface area is 186 Å². The summed E-state index contributed by atoms with van der Waals surface area (Å²) >= 11 is 7.56. The molecule has 1 aromatic carbocycles. The van der Waals surface area contributed by atoms with Crippen molar-refractivity contribution < 1.29 is 4.79 Å². The first kappa shape index (κ1) is 19.5. The molecule has 0 bridgehead atoms. The van der Waals surface area contributed by atoms with Crippen LogP contribution in [-0.2, 0) is 6.54 Å². The van der Waals surface area contributed by atoms with E-state index in [0.29, 0.717) is 28.6 Å². The molecule has 0 saturated carbocycles. The Hall–Kier alpha value is -3.49. The first-order valence-electron chi connectivity index (χ1n) is 9.55. The Morgan fingerprint density at radius 3 is 2.81 bits per heavy atom. The molecule has 0 aliphatic carbocycles. The predicted octanol–water partition coefficient (Wildman–Crippen LogP) is 4.92. The molecule has 0 spiro atoms. The topological polar surface area (TPSA) is 77.1 Å². The zero-order valence-corrected chi connectivity index (χ0v) is 18.1. The number of nitrogens with one attached hydrogen (secondary N) is 1. The van der Waals surface area contributed by atoms with Crippen LogP contribution in [0, 0.1) is 6.92 Å². The van der Waals surface area contributed by atoms with E-state index < -0.39 is 0 Å². The molecule has 1 amide bonds. The number of thiophene rings is 1. The van der Waals surface area contributed by atoms with E-state index in [0.717, 1.165) is 21.8 Å². The van der Waals surface area contributed by atoms with Crippen LogP contribution in [0.3, 0.4) is 0 Å². The molecule has 0 saturated heterocycles. The Morgan fingerprint density at radius 1 is 1.19 bits per heavy atom. The Bertz CT molecular complexity index is 1370. The maximum Gasteiger partial charge on any atom is 0.262 e. The van der Waals surface area contributed by atoms with Crippen LogP contribution in [0.2, 0.25) is 5.02 Å². The maximum absolute atomic E-state index is 12.9. The van der Waals surface area contributed by atoms with Crippen molar-refractivity contribution in [1.29, 1.82) is 0 Å². The van der Waals surface area contributed by atoms with Gasteiger partial charge in [0.15, 0.2) is 11.5 Å². The van der Waals surface area contributed by atoms with E-state index in [1.165, 1.54) is 6.20 Å². The molecule has 0 aliphatic rings. The minimum absolute atomic E-state index is 0.304. The van der Waals surface area contributed by atoms with Gasteiger partial charge < -0.3 is 5.32 Å². The number of hydrogen-bond acceptors (Lipinski definition) is 5. The van der Waals surface area contributed by atoms with Gasteiger partial charge in [-0.15, -0.1) is 11.3 Å². The average Bonchev–Trinajstić information content (AvgIpc) is 3.50. The Balaban J connectivity index is 1.39. The summed E-state index contributed by atoms with van der Waals surface area (Å²) in [6.45, 7) is 2.53. The SMILES string of the molecule is Cc1cc(NC(=O)c2cnn3c(-c4cccs4)ccnc23)nn1Cc1ccc(Cl)cc1. The van der Waals surface area contributed by atoms with Crippen molar-refractivity contribution >= 4 is 40.3 Å². The molecule has 0 atom stereocenters. The van der Waals surface area contributed by atoms with Crippen molar-refractivity contribution in [2.24, 2.45) is 0 Å². The first-order chi connectivity index (χ1) is 15.1. The summed E-state index contributed by atoms with van der Waals surface area (Å²) in [6, 6.07) is 15.3. The monoisotopic (exact) mass is 448 g/mol. The van der Waals surface area contributed by atoms with E-state index >= 15 is 0 Å². The van der Waals surface area contributed by atoms with E-state index in [-0.39, 0.29) is 5.91 Å².